The van der Waals surface area contributed by atoms with Crippen LogP contribution in [0, 0.1) is 0 Å². The monoisotopic (exact) mass is 383 g/mol. The van der Waals surface area contributed by atoms with Gasteiger partial charge in [0.2, 0.25) is 0 Å². The van der Waals surface area contributed by atoms with E-state index in [9.17, 15) is 0 Å². The lowest BCUT2D eigenvalue weighted by molar-refractivity contribution is 0.229. The van der Waals surface area contributed by atoms with Gasteiger partial charge in [-0.25, -0.2) is 4.99 Å². The van der Waals surface area contributed by atoms with Crippen molar-refractivity contribution in [3.63, 3.8) is 0 Å². The van der Waals surface area contributed by atoms with E-state index < -0.39 is 0 Å². The molecule has 6 nitrogen and oxygen atoms in total. The highest BCUT2D eigenvalue weighted by Gasteiger charge is 2.21. The van der Waals surface area contributed by atoms with Crippen LogP contribution >= 0.6 is 0 Å². The van der Waals surface area contributed by atoms with Gasteiger partial charge < -0.3 is 24.8 Å². The number of aliphatic imine (C=N–C) groups is 1. The van der Waals surface area contributed by atoms with Gasteiger partial charge in [-0.1, -0.05) is 18.2 Å². The lowest BCUT2D eigenvalue weighted by Crippen LogP contribution is -2.41. The van der Waals surface area contributed by atoms with Gasteiger partial charge in [-0.05, 0) is 44.2 Å². The second-order valence-corrected chi connectivity index (χ2v) is 6.70. The van der Waals surface area contributed by atoms with E-state index in [1.807, 2.05) is 49.4 Å². The first kappa shape index (κ1) is 19.9. The highest BCUT2D eigenvalue weighted by molar-refractivity contribution is 5.80. The summed E-state index contributed by atoms with van der Waals surface area (Å²) in [4.78, 5) is 4.71. The third-order valence-electron chi connectivity index (χ3n) is 4.52. The molecule has 0 saturated heterocycles. The molecule has 2 unspecified atom stereocenters. The molecule has 1 aliphatic rings. The van der Waals surface area contributed by atoms with Gasteiger partial charge in [-0.15, -0.1) is 0 Å². The predicted molar refractivity (Wildman–Crippen MR) is 111 cm³/mol. The molecule has 0 fully saturated rings. The maximum atomic E-state index is 5.95. The van der Waals surface area contributed by atoms with Crippen LogP contribution in [0.2, 0.25) is 0 Å². The number of ether oxygens (including phenoxy) is 3. The fourth-order valence-electron chi connectivity index (χ4n) is 3.12. The number of nitrogens with one attached hydrogen (secondary N) is 2. The van der Waals surface area contributed by atoms with Crippen molar-refractivity contribution in [3.8, 4) is 17.2 Å². The Balaban J connectivity index is 1.61. The van der Waals surface area contributed by atoms with E-state index in [1.54, 1.807) is 7.11 Å². The van der Waals surface area contributed by atoms with Gasteiger partial charge >= 0.3 is 0 Å². The van der Waals surface area contributed by atoms with Crippen molar-refractivity contribution in [2.45, 2.75) is 32.4 Å². The fraction of sp³-hybridized carbons (Fsp3) is 0.409. The van der Waals surface area contributed by atoms with Gasteiger partial charge in [0.1, 0.15) is 23.4 Å². The van der Waals surface area contributed by atoms with E-state index >= 15 is 0 Å². The number of fused-ring (bicyclic) bond motifs is 1. The second kappa shape index (κ2) is 9.88. The van der Waals surface area contributed by atoms with Crippen LogP contribution in [0.1, 0.15) is 31.9 Å². The highest BCUT2D eigenvalue weighted by Crippen LogP contribution is 2.31. The van der Waals surface area contributed by atoms with Crippen LogP contribution in [-0.2, 0) is 0 Å². The summed E-state index contributed by atoms with van der Waals surface area (Å²) in [6.07, 6.45) is 0.852. The molecule has 0 saturated carbocycles. The number of guanidine groups is 1. The lowest BCUT2D eigenvalue weighted by Gasteiger charge is -2.28. The summed E-state index contributed by atoms with van der Waals surface area (Å²) in [6, 6.07) is 15.9. The number of hydrogen-bond donors (Lipinski definition) is 2. The molecule has 0 spiro atoms. The molecule has 1 aliphatic heterocycles. The number of methoxy groups -OCH3 is 1. The van der Waals surface area contributed by atoms with Crippen molar-refractivity contribution in [1.82, 2.24) is 10.6 Å². The molecule has 2 aromatic rings. The van der Waals surface area contributed by atoms with E-state index in [-0.39, 0.29) is 12.1 Å². The van der Waals surface area contributed by atoms with Gasteiger partial charge in [0, 0.05) is 18.5 Å². The van der Waals surface area contributed by atoms with Gasteiger partial charge in [0.25, 0.3) is 0 Å². The van der Waals surface area contributed by atoms with Crippen LogP contribution in [0.3, 0.4) is 0 Å². The van der Waals surface area contributed by atoms with Gasteiger partial charge in [0.15, 0.2) is 5.96 Å². The zero-order valence-corrected chi connectivity index (χ0v) is 16.8. The summed E-state index contributed by atoms with van der Waals surface area (Å²) in [5, 5.41) is 6.86. The van der Waals surface area contributed by atoms with E-state index in [0.29, 0.717) is 13.2 Å². The molecule has 0 amide bonds. The Hall–Kier alpha value is -2.89. The third-order valence-corrected chi connectivity index (χ3v) is 4.52. The van der Waals surface area contributed by atoms with Crippen molar-refractivity contribution < 1.29 is 14.2 Å². The van der Waals surface area contributed by atoms with Crippen molar-refractivity contribution in [1.29, 1.82) is 0 Å². The molecule has 1 heterocycles. The summed E-state index contributed by atoms with van der Waals surface area (Å²) < 4.78 is 16.9. The quantitative estimate of drug-likeness (QED) is 0.566. The molecule has 0 aromatic heterocycles. The molecule has 2 atom stereocenters. The molecule has 150 valence electrons. The molecule has 0 aliphatic carbocycles. The van der Waals surface area contributed by atoms with Crippen molar-refractivity contribution in [2.24, 2.45) is 4.99 Å². The Labute approximate surface area is 166 Å². The van der Waals surface area contributed by atoms with E-state index in [2.05, 4.69) is 23.6 Å². The first-order valence-corrected chi connectivity index (χ1v) is 9.77. The standard InChI is InChI=1S/C22H29N3O3/c1-4-23-22(25-20-13-14-27-21-8-6-5-7-19(20)21)24-15-16(2)28-18-11-9-17(26-3)10-12-18/h5-12,16,20H,4,13-15H2,1-3H3,(H2,23,24,25). The Bertz CT molecular complexity index is 777. The molecule has 2 aromatic carbocycles. The number of nitrogens with zero attached hydrogens (tertiary/aromatic N) is 1. The molecule has 0 radical (unpaired) electrons. The van der Waals surface area contributed by atoms with Crippen LogP contribution < -0.4 is 24.8 Å². The predicted octanol–water partition coefficient (Wildman–Crippen LogP) is 3.54. The molecule has 3 rings (SSSR count). The first-order chi connectivity index (χ1) is 13.7. The van der Waals surface area contributed by atoms with Gasteiger partial charge in [-0.2, -0.15) is 0 Å². The van der Waals surface area contributed by atoms with Crippen LogP contribution in [0.4, 0.5) is 0 Å². The van der Waals surface area contributed by atoms with E-state index in [0.717, 1.165) is 36.2 Å². The zero-order chi connectivity index (χ0) is 19.8. The summed E-state index contributed by atoms with van der Waals surface area (Å²) in [5.41, 5.74) is 1.17. The van der Waals surface area contributed by atoms with Gasteiger partial charge in [-0.3, -0.25) is 0 Å². The second-order valence-electron chi connectivity index (χ2n) is 6.70. The molecule has 6 heteroatoms. The lowest BCUT2D eigenvalue weighted by atomic mass is 10.0. The van der Waals surface area contributed by atoms with Crippen LogP contribution in [0.5, 0.6) is 17.2 Å². The Kier molecular flexibility index (Phi) is 7.00. The average Bonchev–Trinajstić information content (AvgIpc) is 2.73. The number of benzene rings is 2. The Morgan fingerprint density at radius 2 is 1.93 bits per heavy atom. The van der Waals surface area contributed by atoms with Crippen molar-refractivity contribution >= 4 is 5.96 Å². The summed E-state index contributed by atoms with van der Waals surface area (Å²) in [6.45, 7) is 6.12. The largest absolute Gasteiger partial charge is 0.497 e. The molecule has 0 bridgehead atoms. The van der Waals surface area contributed by atoms with Crippen molar-refractivity contribution in [3.05, 3.63) is 54.1 Å². The SMILES string of the molecule is CCNC(=NCC(C)Oc1ccc(OC)cc1)NC1CCOc2ccccc21. The molecular weight excluding hydrogens is 354 g/mol. The number of para-hydroxylation sites is 1. The normalized spacial score (nSPS) is 17.1. The fourth-order valence-corrected chi connectivity index (χ4v) is 3.12. The molecule has 28 heavy (non-hydrogen) atoms. The smallest absolute Gasteiger partial charge is 0.191 e. The van der Waals surface area contributed by atoms with Crippen molar-refractivity contribution in [2.75, 3.05) is 26.8 Å². The average molecular weight is 383 g/mol. The maximum Gasteiger partial charge on any atom is 0.191 e. The first-order valence-electron chi connectivity index (χ1n) is 9.77. The van der Waals surface area contributed by atoms with Gasteiger partial charge in [0.05, 0.1) is 26.3 Å². The summed E-state index contributed by atoms with van der Waals surface area (Å²) in [5.74, 6) is 3.35. The third kappa shape index (κ3) is 5.31. The van der Waals surface area contributed by atoms with E-state index in [1.165, 1.54) is 5.56 Å². The minimum atomic E-state index is -0.0502. The minimum Gasteiger partial charge on any atom is -0.497 e. The van der Waals surface area contributed by atoms with Crippen LogP contribution in [0.25, 0.3) is 0 Å². The Morgan fingerprint density at radius 3 is 2.68 bits per heavy atom. The van der Waals surface area contributed by atoms with Crippen LogP contribution in [-0.4, -0.2) is 38.9 Å². The Morgan fingerprint density at radius 1 is 1.18 bits per heavy atom. The van der Waals surface area contributed by atoms with Crippen LogP contribution in [0.15, 0.2) is 53.5 Å². The zero-order valence-electron chi connectivity index (χ0n) is 16.8. The topological polar surface area (TPSA) is 64.1 Å². The molecule has 2 N–H and O–H groups in total. The number of rotatable bonds is 7. The number of hydrogen-bond acceptors (Lipinski definition) is 4. The van der Waals surface area contributed by atoms with E-state index in [4.69, 9.17) is 19.2 Å². The minimum absolute atomic E-state index is 0.0502. The maximum absolute atomic E-state index is 5.95. The summed E-state index contributed by atoms with van der Waals surface area (Å²) >= 11 is 0. The molecular formula is C22H29N3O3. The summed E-state index contributed by atoms with van der Waals surface area (Å²) in [7, 11) is 1.65. The highest BCUT2D eigenvalue weighted by atomic mass is 16.5.